The van der Waals surface area contributed by atoms with E-state index in [1.807, 2.05) is 26.0 Å². The van der Waals surface area contributed by atoms with E-state index in [9.17, 15) is 10.1 Å². The van der Waals surface area contributed by atoms with Crippen molar-refractivity contribution in [3.8, 4) is 0 Å². The summed E-state index contributed by atoms with van der Waals surface area (Å²) in [5.41, 5.74) is 1.73. The Hall–Kier alpha value is -3.05. The molecule has 0 atom stereocenters. The molecule has 0 aliphatic heterocycles. The second kappa shape index (κ2) is 6.69. The third-order valence-corrected chi connectivity index (χ3v) is 4.51. The molecule has 0 saturated heterocycles. The largest absolute Gasteiger partial charge is 0.414 e. The lowest BCUT2D eigenvalue weighted by atomic mass is 9.95. The SMILES string of the molecule is [C-]#[N+]C(C)(C)c1ccc(Nc2c([N+](=O)[O-])nnc3ccc(Br)cc23)cc1. The number of nitrogens with one attached hydrogen (secondary N) is 1. The van der Waals surface area contributed by atoms with Crippen LogP contribution in [0.15, 0.2) is 46.9 Å². The molecular weight excluding hydrogens is 398 g/mol. The number of hydrogen-bond acceptors (Lipinski definition) is 5. The maximum absolute atomic E-state index is 11.4. The van der Waals surface area contributed by atoms with E-state index >= 15 is 0 Å². The van der Waals surface area contributed by atoms with Crippen LogP contribution in [0.4, 0.5) is 17.2 Å². The first-order valence-electron chi connectivity index (χ1n) is 7.68. The molecule has 0 fully saturated rings. The van der Waals surface area contributed by atoms with Crippen LogP contribution in [0.2, 0.25) is 0 Å². The molecule has 26 heavy (non-hydrogen) atoms. The Balaban J connectivity index is 2.08. The highest BCUT2D eigenvalue weighted by atomic mass is 79.9. The number of nitro groups is 1. The standard InChI is InChI=1S/C18H14BrN5O2/c1-18(2,20-3)11-4-7-13(8-5-11)21-16-14-10-12(19)6-9-15(14)22-23-17(16)24(25)26/h4-10H,1-2H3,(H,21,22). The minimum atomic E-state index is -0.625. The van der Waals surface area contributed by atoms with Crippen molar-refractivity contribution >= 4 is 44.0 Å². The summed E-state index contributed by atoms with van der Waals surface area (Å²) in [5.74, 6) is -0.346. The van der Waals surface area contributed by atoms with Crippen molar-refractivity contribution in [2.45, 2.75) is 19.4 Å². The average Bonchev–Trinajstić information content (AvgIpc) is 2.62. The summed E-state index contributed by atoms with van der Waals surface area (Å²) in [6, 6.07) is 12.5. The van der Waals surface area contributed by atoms with Crippen LogP contribution in [0.3, 0.4) is 0 Å². The van der Waals surface area contributed by atoms with Gasteiger partial charge in [0, 0.05) is 35.0 Å². The topological polar surface area (TPSA) is 85.3 Å². The molecule has 0 amide bonds. The summed E-state index contributed by atoms with van der Waals surface area (Å²) >= 11 is 3.38. The van der Waals surface area contributed by atoms with Gasteiger partial charge < -0.3 is 20.3 Å². The molecule has 3 aromatic rings. The zero-order valence-corrected chi connectivity index (χ0v) is 15.6. The smallest absolute Gasteiger partial charge is 0.358 e. The Kier molecular flexibility index (Phi) is 4.57. The molecule has 0 saturated carbocycles. The third-order valence-electron chi connectivity index (χ3n) is 4.02. The van der Waals surface area contributed by atoms with Crippen LogP contribution in [0, 0.1) is 16.7 Å². The van der Waals surface area contributed by atoms with E-state index in [1.54, 1.807) is 30.3 Å². The molecule has 8 heteroatoms. The first-order chi connectivity index (χ1) is 12.3. The second-order valence-electron chi connectivity index (χ2n) is 6.19. The average molecular weight is 412 g/mol. The van der Waals surface area contributed by atoms with Crippen LogP contribution < -0.4 is 5.32 Å². The zero-order chi connectivity index (χ0) is 18.9. The maximum Gasteiger partial charge on any atom is 0.414 e. The van der Waals surface area contributed by atoms with E-state index in [4.69, 9.17) is 6.57 Å². The fourth-order valence-electron chi connectivity index (χ4n) is 2.49. The summed E-state index contributed by atoms with van der Waals surface area (Å²) in [6.45, 7) is 11.0. The lowest BCUT2D eigenvalue weighted by molar-refractivity contribution is -0.389. The Labute approximate surface area is 158 Å². The van der Waals surface area contributed by atoms with Crippen LogP contribution in [-0.4, -0.2) is 15.1 Å². The highest BCUT2D eigenvalue weighted by molar-refractivity contribution is 9.10. The molecule has 0 spiro atoms. The molecule has 1 N–H and O–H groups in total. The number of hydrogen-bond donors (Lipinski definition) is 1. The van der Waals surface area contributed by atoms with E-state index in [-0.39, 0.29) is 11.5 Å². The predicted molar refractivity (Wildman–Crippen MR) is 103 cm³/mol. The summed E-state index contributed by atoms with van der Waals surface area (Å²) in [7, 11) is 0. The zero-order valence-electron chi connectivity index (χ0n) is 14.0. The van der Waals surface area contributed by atoms with Gasteiger partial charge in [0.15, 0.2) is 0 Å². The van der Waals surface area contributed by atoms with E-state index in [1.165, 1.54) is 0 Å². The molecule has 7 nitrogen and oxygen atoms in total. The fourth-order valence-corrected chi connectivity index (χ4v) is 2.85. The molecule has 130 valence electrons. The van der Waals surface area contributed by atoms with Gasteiger partial charge in [0.2, 0.25) is 0 Å². The predicted octanol–water partition coefficient (Wildman–Crippen LogP) is 5.20. The molecule has 0 unspecified atom stereocenters. The van der Waals surface area contributed by atoms with Crippen molar-refractivity contribution in [1.29, 1.82) is 0 Å². The van der Waals surface area contributed by atoms with Crippen molar-refractivity contribution in [2.24, 2.45) is 0 Å². The molecular formula is C18H14BrN5O2. The van der Waals surface area contributed by atoms with Crippen LogP contribution in [0.5, 0.6) is 0 Å². The van der Waals surface area contributed by atoms with Gasteiger partial charge in [-0.05, 0) is 52.5 Å². The molecule has 0 aliphatic carbocycles. The monoisotopic (exact) mass is 411 g/mol. The Bertz CT molecular complexity index is 1040. The van der Waals surface area contributed by atoms with E-state index in [2.05, 4.69) is 36.3 Å². The van der Waals surface area contributed by atoms with Gasteiger partial charge in [-0.25, -0.2) is 6.57 Å². The second-order valence-corrected chi connectivity index (χ2v) is 7.11. The fraction of sp³-hybridized carbons (Fsp3) is 0.167. The number of aromatic nitrogens is 2. The number of benzene rings is 2. The molecule has 0 radical (unpaired) electrons. The number of anilines is 2. The number of nitrogens with zero attached hydrogens (tertiary/aromatic N) is 4. The van der Waals surface area contributed by atoms with Crippen molar-refractivity contribution in [3.05, 3.63) is 74.0 Å². The quantitative estimate of drug-likeness (QED) is 0.362. The van der Waals surface area contributed by atoms with Crippen LogP contribution in [-0.2, 0) is 5.54 Å². The maximum atomic E-state index is 11.4. The number of halogens is 1. The molecule has 3 rings (SSSR count). The van der Waals surface area contributed by atoms with E-state index in [0.717, 1.165) is 10.0 Å². The summed E-state index contributed by atoms with van der Waals surface area (Å²) in [5, 5.41) is 22.7. The number of rotatable bonds is 4. The third kappa shape index (κ3) is 3.34. The molecule has 0 bridgehead atoms. The number of fused-ring (bicyclic) bond motifs is 1. The summed E-state index contributed by atoms with van der Waals surface area (Å²) < 4.78 is 0.782. The van der Waals surface area contributed by atoms with Crippen LogP contribution in [0.1, 0.15) is 19.4 Å². The molecule has 1 heterocycles. The Morgan fingerprint density at radius 2 is 1.88 bits per heavy atom. The van der Waals surface area contributed by atoms with Gasteiger partial charge in [-0.2, -0.15) is 0 Å². The summed E-state index contributed by atoms with van der Waals surface area (Å²) in [6.07, 6.45) is 0. The molecule has 2 aromatic carbocycles. The Morgan fingerprint density at radius 1 is 1.19 bits per heavy atom. The summed E-state index contributed by atoms with van der Waals surface area (Å²) in [4.78, 5) is 14.4. The Morgan fingerprint density at radius 3 is 2.50 bits per heavy atom. The highest BCUT2D eigenvalue weighted by Crippen LogP contribution is 2.34. The normalized spacial score (nSPS) is 11.2. The van der Waals surface area contributed by atoms with E-state index < -0.39 is 10.5 Å². The first-order valence-corrected chi connectivity index (χ1v) is 8.47. The highest BCUT2D eigenvalue weighted by Gasteiger charge is 2.26. The molecule has 0 aliphatic rings. The molecule has 1 aromatic heterocycles. The van der Waals surface area contributed by atoms with Gasteiger partial charge >= 0.3 is 5.82 Å². The van der Waals surface area contributed by atoms with Crippen molar-refractivity contribution in [1.82, 2.24) is 10.2 Å². The van der Waals surface area contributed by atoms with Crippen LogP contribution in [0.25, 0.3) is 15.7 Å². The van der Waals surface area contributed by atoms with Crippen molar-refractivity contribution in [2.75, 3.05) is 5.32 Å². The van der Waals surface area contributed by atoms with Gasteiger partial charge in [-0.3, -0.25) is 0 Å². The minimum absolute atomic E-state index is 0.276. The van der Waals surface area contributed by atoms with Gasteiger partial charge in [0.05, 0.1) is 5.10 Å². The van der Waals surface area contributed by atoms with Crippen LogP contribution >= 0.6 is 15.9 Å². The van der Waals surface area contributed by atoms with Gasteiger partial charge in [-0.1, -0.05) is 15.9 Å². The van der Waals surface area contributed by atoms with Crippen molar-refractivity contribution < 1.29 is 4.92 Å². The lowest BCUT2D eigenvalue weighted by Crippen LogP contribution is -2.10. The lowest BCUT2D eigenvalue weighted by Gasteiger charge is -2.13. The van der Waals surface area contributed by atoms with Gasteiger partial charge in [-0.15, -0.1) is 0 Å². The minimum Gasteiger partial charge on any atom is -0.358 e. The van der Waals surface area contributed by atoms with Crippen molar-refractivity contribution in [3.63, 3.8) is 0 Å². The van der Waals surface area contributed by atoms with E-state index in [0.29, 0.717) is 16.6 Å². The van der Waals surface area contributed by atoms with Gasteiger partial charge in [0.25, 0.3) is 5.54 Å². The van der Waals surface area contributed by atoms with Gasteiger partial charge in [0.1, 0.15) is 11.2 Å². The first kappa shape index (κ1) is 17.8.